The molecule has 16 heavy (non-hydrogen) atoms. The lowest BCUT2D eigenvalue weighted by Gasteiger charge is -2.20. The van der Waals surface area contributed by atoms with Crippen LogP contribution in [0.25, 0.3) is 0 Å². The third kappa shape index (κ3) is 1.50. The van der Waals surface area contributed by atoms with Crippen LogP contribution in [0.5, 0.6) is 0 Å². The predicted octanol–water partition coefficient (Wildman–Crippen LogP) is 1.57. The van der Waals surface area contributed by atoms with Gasteiger partial charge in [0.05, 0.1) is 5.88 Å². The van der Waals surface area contributed by atoms with Crippen molar-refractivity contribution in [2.45, 2.75) is 0 Å². The molecule has 4 heteroatoms. The molecule has 0 aromatic carbocycles. The van der Waals surface area contributed by atoms with Crippen LogP contribution in [0, 0.1) is 17.8 Å². The minimum atomic E-state index is 0.168. The second-order valence-corrected chi connectivity index (χ2v) is 4.81. The van der Waals surface area contributed by atoms with E-state index in [9.17, 15) is 4.79 Å². The highest BCUT2D eigenvalue weighted by Gasteiger charge is 2.58. The van der Waals surface area contributed by atoms with Crippen molar-refractivity contribution < 1.29 is 4.79 Å². The zero-order valence-corrected chi connectivity index (χ0v) is 9.60. The fourth-order valence-corrected chi connectivity index (χ4v) is 3.00. The molecule has 1 saturated heterocycles. The third-order valence-electron chi connectivity index (χ3n) is 3.67. The van der Waals surface area contributed by atoms with Gasteiger partial charge in [0.1, 0.15) is 5.82 Å². The van der Waals surface area contributed by atoms with Crippen LogP contribution in [-0.2, 0) is 4.79 Å². The minimum absolute atomic E-state index is 0.168. The highest BCUT2D eigenvalue weighted by Crippen LogP contribution is 2.52. The summed E-state index contributed by atoms with van der Waals surface area (Å²) < 4.78 is 0. The Bertz CT molecular complexity index is 397. The molecule has 0 radical (unpaired) electrons. The van der Waals surface area contributed by atoms with Crippen molar-refractivity contribution in [3.63, 3.8) is 0 Å². The number of nitrogens with zero attached hydrogens (tertiary/aromatic N) is 2. The van der Waals surface area contributed by atoms with E-state index in [1.54, 1.807) is 6.20 Å². The van der Waals surface area contributed by atoms with Gasteiger partial charge in [0.2, 0.25) is 0 Å². The van der Waals surface area contributed by atoms with Gasteiger partial charge in [0.25, 0.3) is 0 Å². The summed E-state index contributed by atoms with van der Waals surface area (Å²) in [6.45, 7) is 1.91. The Labute approximate surface area is 99.4 Å². The van der Waals surface area contributed by atoms with Gasteiger partial charge in [0, 0.05) is 25.2 Å². The maximum absolute atomic E-state index is 11.5. The number of anilines is 1. The van der Waals surface area contributed by atoms with E-state index in [0.29, 0.717) is 11.8 Å². The van der Waals surface area contributed by atoms with Crippen LogP contribution in [0.4, 0.5) is 5.82 Å². The lowest BCUT2D eigenvalue weighted by Crippen LogP contribution is -2.26. The molecule has 1 aliphatic heterocycles. The van der Waals surface area contributed by atoms with Gasteiger partial charge >= 0.3 is 0 Å². The summed E-state index contributed by atoms with van der Waals surface area (Å²) in [5.41, 5.74) is 0. The maximum Gasteiger partial charge on any atom is 0.151 e. The van der Waals surface area contributed by atoms with Crippen LogP contribution in [0.1, 0.15) is 0 Å². The summed E-state index contributed by atoms with van der Waals surface area (Å²) in [6.07, 6.45) is 1.81. The fourth-order valence-electron chi connectivity index (χ4n) is 2.82. The quantitative estimate of drug-likeness (QED) is 0.747. The summed E-state index contributed by atoms with van der Waals surface area (Å²) in [4.78, 5) is 18.0. The average Bonchev–Trinajstić information content (AvgIpc) is 2.84. The van der Waals surface area contributed by atoms with Gasteiger partial charge < -0.3 is 4.90 Å². The molecule has 0 bridgehead atoms. The number of rotatable bonds is 3. The van der Waals surface area contributed by atoms with E-state index in [1.807, 2.05) is 18.2 Å². The van der Waals surface area contributed by atoms with Crippen molar-refractivity contribution in [2.75, 3.05) is 23.9 Å². The largest absolute Gasteiger partial charge is 0.356 e. The molecule has 1 saturated carbocycles. The number of halogens is 1. The van der Waals surface area contributed by atoms with E-state index >= 15 is 0 Å². The van der Waals surface area contributed by atoms with Crippen LogP contribution in [0.15, 0.2) is 24.4 Å². The molecular weight excluding hydrogens is 224 g/mol. The number of carbonyl (C=O) groups is 1. The first kappa shape index (κ1) is 10.1. The summed E-state index contributed by atoms with van der Waals surface area (Å²) in [6, 6.07) is 5.93. The molecule has 84 valence electrons. The monoisotopic (exact) mass is 236 g/mol. The van der Waals surface area contributed by atoms with Gasteiger partial charge in [-0.3, -0.25) is 4.79 Å². The second kappa shape index (κ2) is 3.74. The number of hydrogen-bond donors (Lipinski definition) is 0. The molecule has 1 aromatic rings. The smallest absolute Gasteiger partial charge is 0.151 e. The lowest BCUT2D eigenvalue weighted by atomic mass is 10.2. The van der Waals surface area contributed by atoms with Crippen molar-refractivity contribution in [1.29, 1.82) is 0 Å². The lowest BCUT2D eigenvalue weighted by molar-refractivity contribution is -0.118. The SMILES string of the molecule is O=C(CCl)C1C2CN(c3ccccn3)CC21. The minimum Gasteiger partial charge on any atom is -0.356 e. The zero-order valence-electron chi connectivity index (χ0n) is 8.84. The van der Waals surface area contributed by atoms with Crippen molar-refractivity contribution in [3.05, 3.63) is 24.4 Å². The maximum atomic E-state index is 11.5. The van der Waals surface area contributed by atoms with E-state index in [4.69, 9.17) is 11.6 Å². The fraction of sp³-hybridized carbons (Fsp3) is 0.500. The number of pyridine rings is 1. The number of ketones is 1. The first-order valence-corrected chi connectivity index (χ1v) is 6.09. The van der Waals surface area contributed by atoms with Crippen LogP contribution >= 0.6 is 11.6 Å². The Balaban J connectivity index is 1.65. The van der Waals surface area contributed by atoms with Crippen molar-refractivity contribution in [1.82, 2.24) is 4.98 Å². The molecule has 3 rings (SSSR count). The van der Waals surface area contributed by atoms with Crippen LogP contribution in [0.2, 0.25) is 0 Å². The van der Waals surface area contributed by atoms with E-state index < -0.39 is 0 Å². The number of fused-ring (bicyclic) bond motifs is 1. The van der Waals surface area contributed by atoms with Gasteiger partial charge in [-0.15, -0.1) is 11.6 Å². The highest BCUT2D eigenvalue weighted by molar-refractivity contribution is 6.28. The summed E-state index contributed by atoms with van der Waals surface area (Å²) >= 11 is 5.58. The molecule has 0 spiro atoms. The van der Waals surface area contributed by atoms with Crippen LogP contribution in [-0.4, -0.2) is 29.7 Å². The average molecular weight is 237 g/mol. The number of Topliss-reactive ketones (excluding diaryl/α,β-unsaturated/α-hetero) is 1. The summed E-state index contributed by atoms with van der Waals surface area (Å²) in [5, 5.41) is 0. The number of alkyl halides is 1. The van der Waals surface area contributed by atoms with Gasteiger partial charge in [-0.05, 0) is 24.0 Å². The molecule has 1 aromatic heterocycles. The molecule has 3 nitrogen and oxygen atoms in total. The van der Waals surface area contributed by atoms with E-state index in [-0.39, 0.29) is 17.6 Å². The Hall–Kier alpha value is -1.09. The Morgan fingerprint density at radius 2 is 2.19 bits per heavy atom. The van der Waals surface area contributed by atoms with E-state index in [0.717, 1.165) is 18.9 Å². The third-order valence-corrected chi connectivity index (χ3v) is 3.93. The Morgan fingerprint density at radius 3 is 2.75 bits per heavy atom. The molecule has 2 aliphatic rings. The number of hydrogen-bond acceptors (Lipinski definition) is 3. The molecular formula is C12H13ClN2O. The molecule has 0 amide bonds. The predicted molar refractivity (Wildman–Crippen MR) is 62.6 cm³/mol. The van der Waals surface area contributed by atoms with Gasteiger partial charge in [-0.25, -0.2) is 4.98 Å². The van der Waals surface area contributed by atoms with Gasteiger partial charge in [0.15, 0.2) is 5.78 Å². The number of piperidine rings is 1. The zero-order chi connectivity index (χ0) is 11.1. The normalized spacial score (nSPS) is 31.3. The second-order valence-electron chi connectivity index (χ2n) is 4.55. The van der Waals surface area contributed by atoms with Crippen LogP contribution in [0.3, 0.4) is 0 Å². The highest BCUT2D eigenvalue weighted by atomic mass is 35.5. The molecule has 0 N–H and O–H groups in total. The van der Waals surface area contributed by atoms with Gasteiger partial charge in [-0.1, -0.05) is 6.07 Å². The summed E-state index contributed by atoms with van der Waals surface area (Å²) in [5.74, 6) is 2.68. The molecule has 1 aliphatic carbocycles. The van der Waals surface area contributed by atoms with Crippen LogP contribution < -0.4 is 4.90 Å². The van der Waals surface area contributed by atoms with E-state index in [1.165, 1.54) is 0 Å². The van der Waals surface area contributed by atoms with Crippen molar-refractivity contribution >= 4 is 23.2 Å². The van der Waals surface area contributed by atoms with Crippen molar-refractivity contribution in [3.8, 4) is 0 Å². The molecule has 2 fully saturated rings. The first-order valence-electron chi connectivity index (χ1n) is 5.56. The number of aromatic nitrogens is 1. The van der Waals surface area contributed by atoms with Crippen molar-refractivity contribution in [2.24, 2.45) is 17.8 Å². The molecule has 2 unspecified atom stereocenters. The molecule has 2 heterocycles. The Kier molecular flexibility index (Phi) is 2.36. The summed E-state index contributed by atoms with van der Waals surface area (Å²) in [7, 11) is 0. The molecule has 2 atom stereocenters. The standard InChI is InChI=1S/C12H13ClN2O/c13-5-10(16)12-8-6-15(7-9(8)12)11-3-1-2-4-14-11/h1-4,8-9,12H,5-7H2. The topological polar surface area (TPSA) is 33.2 Å². The first-order chi connectivity index (χ1) is 7.81. The van der Waals surface area contributed by atoms with Gasteiger partial charge in [-0.2, -0.15) is 0 Å². The number of carbonyl (C=O) groups excluding carboxylic acids is 1. The van der Waals surface area contributed by atoms with E-state index in [2.05, 4.69) is 9.88 Å². The Morgan fingerprint density at radius 1 is 1.44 bits per heavy atom.